The molecule has 0 aliphatic rings. The van der Waals surface area contributed by atoms with Crippen LogP contribution in [-0.4, -0.2) is 63.7 Å². The maximum Gasteiger partial charge on any atom is 0.251 e. The van der Waals surface area contributed by atoms with Gasteiger partial charge in [0, 0.05) is 7.05 Å². The highest BCUT2D eigenvalue weighted by molar-refractivity contribution is 5.80. The standard InChI is InChI=1S/C7H15NO3.C6H13NO3/c1-4(2)5(9)6(10)7(11)8-3;1-3(2)4(8)5(9)6(7)10/h4-6,9-10H,1-3H3,(H,8,11);3-5,8-9H,1-2H3,(H2,7,10)/t5-,6+;4-,5+/m11/s1. The summed E-state index contributed by atoms with van der Waals surface area (Å²) >= 11 is 0. The molecule has 126 valence electrons. The smallest absolute Gasteiger partial charge is 0.251 e. The fourth-order valence-electron chi connectivity index (χ4n) is 1.20. The van der Waals surface area contributed by atoms with Crippen molar-refractivity contribution in [1.29, 1.82) is 0 Å². The van der Waals surface area contributed by atoms with Crippen molar-refractivity contribution in [2.75, 3.05) is 7.05 Å². The van der Waals surface area contributed by atoms with Gasteiger partial charge in [0.05, 0.1) is 12.2 Å². The summed E-state index contributed by atoms with van der Waals surface area (Å²) in [6.07, 6.45) is -4.81. The SMILES string of the molecule is CC(C)[C@@H](O)[C@H](O)C(N)=O.CNC(=O)[C@@H](O)[C@H](O)C(C)C. The van der Waals surface area contributed by atoms with Crippen molar-refractivity contribution in [2.24, 2.45) is 17.6 Å². The van der Waals surface area contributed by atoms with E-state index in [0.717, 1.165) is 0 Å². The average molecular weight is 308 g/mol. The summed E-state index contributed by atoms with van der Waals surface area (Å²) in [5, 5.41) is 38.4. The first-order valence-corrected chi connectivity index (χ1v) is 6.70. The maximum atomic E-state index is 10.7. The highest BCUT2D eigenvalue weighted by Crippen LogP contribution is 2.06. The van der Waals surface area contributed by atoms with Crippen LogP contribution in [0.3, 0.4) is 0 Å². The van der Waals surface area contributed by atoms with Crippen molar-refractivity contribution in [2.45, 2.75) is 52.1 Å². The minimum absolute atomic E-state index is 0.123. The third-order valence-corrected chi connectivity index (χ3v) is 2.82. The number of carbonyl (C=O) groups excluding carboxylic acids is 2. The van der Waals surface area contributed by atoms with Gasteiger partial charge in [-0.3, -0.25) is 9.59 Å². The van der Waals surface area contributed by atoms with Crippen LogP contribution in [0, 0.1) is 11.8 Å². The molecular weight excluding hydrogens is 280 g/mol. The molecule has 0 bridgehead atoms. The number of primary amides is 1. The minimum Gasteiger partial charge on any atom is -0.390 e. The molecule has 0 aliphatic heterocycles. The van der Waals surface area contributed by atoms with Crippen LogP contribution < -0.4 is 11.1 Å². The molecule has 0 spiro atoms. The first-order chi connectivity index (χ1) is 9.47. The monoisotopic (exact) mass is 308 g/mol. The van der Waals surface area contributed by atoms with Crippen LogP contribution in [0.2, 0.25) is 0 Å². The second-order valence-corrected chi connectivity index (χ2v) is 5.38. The molecule has 4 atom stereocenters. The number of aliphatic hydroxyl groups excluding tert-OH is 4. The molecule has 0 aliphatic carbocycles. The van der Waals surface area contributed by atoms with Crippen molar-refractivity contribution >= 4 is 11.8 Å². The summed E-state index contributed by atoms with van der Waals surface area (Å²) in [6, 6.07) is 0. The van der Waals surface area contributed by atoms with E-state index >= 15 is 0 Å². The van der Waals surface area contributed by atoms with Gasteiger partial charge in [0.15, 0.2) is 12.2 Å². The number of hydrogen-bond acceptors (Lipinski definition) is 6. The summed E-state index contributed by atoms with van der Waals surface area (Å²) < 4.78 is 0. The largest absolute Gasteiger partial charge is 0.390 e. The Balaban J connectivity index is 0. The summed E-state index contributed by atoms with van der Waals surface area (Å²) in [5.41, 5.74) is 4.73. The van der Waals surface area contributed by atoms with Gasteiger partial charge in [0.1, 0.15) is 0 Å². The summed E-state index contributed by atoms with van der Waals surface area (Å²) in [6.45, 7) is 6.85. The Morgan fingerprint density at radius 2 is 1.19 bits per heavy atom. The number of likely N-dealkylation sites (N-methyl/N-ethyl adjacent to an activating group) is 1. The number of aliphatic hydroxyl groups is 4. The third kappa shape index (κ3) is 8.61. The van der Waals surface area contributed by atoms with Gasteiger partial charge in [-0.1, -0.05) is 27.7 Å². The average Bonchev–Trinajstić information content (AvgIpc) is 2.43. The maximum absolute atomic E-state index is 10.7. The van der Waals surface area contributed by atoms with Crippen LogP contribution in [0.15, 0.2) is 0 Å². The Kier molecular flexibility index (Phi) is 11.0. The van der Waals surface area contributed by atoms with Gasteiger partial charge in [-0.25, -0.2) is 0 Å². The normalized spacial score (nSPS) is 16.5. The Bertz CT molecular complexity index is 322. The zero-order chi connectivity index (χ0) is 17.3. The molecule has 2 amide bonds. The number of hydrogen-bond donors (Lipinski definition) is 6. The van der Waals surface area contributed by atoms with Crippen molar-refractivity contribution in [3.05, 3.63) is 0 Å². The molecule has 0 fully saturated rings. The van der Waals surface area contributed by atoms with E-state index in [1.165, 1.54) is 7.05 Å². The Morgan fingerprint density at radius 3 is 1.38 bits per heavy atom. The molecule has 0 aromatic rings. The van der Waals surface area contributed by atoms with Crippen molar-refractivity contribution in [3.63, 3.8) is 0 Å². The number of amides is 2. The van der Waals surface area contributed by atoms with Gasteiger partial charge < -0.3 is 31.5 Å². The van der Waals surface area contributed by atoms with Gasteiger partial charge in [-0.05, 0) is 11.8 Å². The highest BCUT2D eigenvalue weighted by Gasteiger charge is 2.25. The summed E-state index contributed by atoms with van der Waals surface area (Å²) in [4.78, 5) is 21.0. The lowest BCUT2D eigenvalue weighted by Gasteiger charge is -2.19. The van der Waals surface area contributed by atoms with E-state index in [2.05, 4.69) is 5.32 Å². The van der Waals surface area contributed by atoms with E-state index < -0.39 is 36.2 Å². The molecule has 7 N–H and O–H groups in total. The third-order valence-electron chi connectivity index (χ3n) is 2.82. The zero-order valence-corrected chi connectivity index (χ0v) is 13.1. The quantitative estimate of drug-likeness (QED) is 0.332. The molecule has 0 radical (unpaired) electrons. The molecule has 0 heterocycles. The van der Waals surface area contributed by atoms with E-state index in [-0.39, 0.29) is 11.8 Å². The van der Waals surface area contributed by atoms with E-state index in [0.29, 0.717) is 0 Å². The molecule has 0 rings (SSSR count). The van der Waals surface area contributed by atoms with Crippen LogP contribution in [-0.2, 0) is 9.59 Å². The first kappa shape index (κ1) is 22.1. The van der Waals surface area contributed by atoms with E-state index in [1.807, 2.05) is 0 Å². The van der Waals surface area contributed by atoms with Crippen LogP contribution >= 0.6 is 0 Å². The predicted octanol–water partition coefficient (Wildman–Crippen LogP) is -2.04. The van der Waals surface area contributed by atoms with Crippen LogP contribution in [0.25, 0.3) is 0 Å². The zero-order valence-electron chi connectivity index (χ0n) is 13.1. The molecule has 8 heteroatoms. The second-order valence-electron chi connectivity index (χ2n) is 5.38. The lowest BCUT2D eigenvalue weighted by molar-refractivity contribution is -0.136. The van der Waals surface area contributed by atoms with Gasteiger partial charge in [-0.15, -0.1) is 0 Å². The molecule has 21 heavy (non-hydrogen) atoms. The highest BCUT2D eigenvalue weighted by atomic mass is 16.3. The number of carbonyl (C=O) groups is 2. The number of rotatable bonds is 6. The van der Waals surface area contributed by atoms with Gasteiger partial charge in [0.2, 0.25) is 5.91 Å². The lowest BCUT2D eigenvalue weighted by Crippen LogP contribution is -2.42. The summed E-state index contributed by atoms with van der Waals surface area (Å²) in [5.74, 6) is -1.72. The van der Waals surface area contributed by atoms with Crippen molar-refractivity contribution in [1.82, 2.24) is 5.32 Å². The fourth-order valence-corrected chi connectivity index (χ4v) is 1.20. The van der Waals surface area contributed by atoms with Gasteiger partial charge in [0.25, 0.3) is 5.91 Å². The molecule has 0 saturated carbocycles. The van der Waals surface area contributed by atoms with Crippen LogP contribution in [0.1, 0.15) is 27.7 Å². The van der Waals surface area contributed by atoms with E-state index in [4.69, 9.17) is 21.1 Å². The van der Waals surface area contributed by atoms with E-state index in [1.54, 1.807) is 27.7 Å². The molecule has 0 aromatic heterocycles. The van der Waals surface area contributed by atoms with Gasteiger partial charge in [-0.2, -0.15) is 0 Å². The Morgan fingerprint density at radius 1 is 0.857 bits per heavy atom. The summed E-state index contributed by atoms with van der Waals surface area (Å²) in [7, 11) is 1.42. The number of nitrogens with one attached hydrogen (secondary N) is 1. The van der Waals surface area contributed by atoms with Crippen molar-refractivity contribution < 1.29 is 30.0 Å². The van der Waals surface area contributed by atoms with Crippen molar-refractivity contribution in [3.8, 4) is 0 Å². The lowest BCUT2D eigenvalue weighted by atomic mass is 10.0. The number of nitrogens with two attached hydrogens (primary N) is 1. The second kappa shape index (κ2) is 10.5. The van der Waals surface area contributed by atoms with Crippen LogP contribution in [0.5, 0.6) is 0 Å². The molecule has 8 nitrogen and oxygen atoms in total. The first-order valence-electron chi connectivity index (χ1n) is 6.70. The Hall–Kier alpha value is -1.22. The minimum atomic E-state index is -1.44. The Labute approximate surface area is 125 Å². The van der Waals surface area contributed by atoms with Gasteiger partial charge >= 0.3 is 0 Å². The predicted molar refractivity (Wildman–Crippen MR) is 77.0 cm³/mol. The topological polar surface area (TPSA) is 153 Å². The molecule has 0 saturated heterocycles. The fraction of sp³-hybridized carbons (Fsp3) is 0.846. The molecular formula is C13H28N2O6. The van der Waals surface area contributed by atoms with Crippen LogP contribution in [0.4, 0.5) is 0 Å². The molecule has 0 unspecified atom stereocenters. The molecule has 0 aromatic carbocycles. The van der Waals surface area contributed by atoms with E-state index in [9.17, 15) is 14.7 Å².